The number of aliphatic hydroxyl groups excluding tert-OH is 1. The number of ether oxygens (including phenoxy) is 1. The maximum absolute atomic E-state index is 10.8. The predicted octanol–water partition coefficient (Wildman–Crippen LogP) is 5.44. The second-order valence-electron chi connectivity index (χ2n) is 10.8. The van der Waals surface area contributed by atoms with E-state index in [0.29, 0.717) is 13.2 Å². The monoisotopic (exact) mass is 472 g/mol. The maximum atomic E-state index is 10.8. The highest BCUT2D eigenvalue weighted by molar-refractivity contribution is 5.41. The fourth-order valence-corrected chi connectivity index (χ4v) is 4.98. The Morgan fingerprint density at radius 1 is 0.829 bits per heavy atom. The highest BCUT2D eigenvalue weighted by atomic mass is 16.5. The van der Waals surface area contributed by atoms with Gasteiger partial charge in [0.05, 0.1) is 6.04 Å². The molecule has 1 atom stereocenters. The molecule has 1 unspecified atom stereocenters. The number of aryl methyl sites for hydroxylation is 1. The van der Waals surface area contributed by atoms with Gasteiger partial charge in [-0.25, -0.2) is 0 Å². The molecule has 1 heterocycles. The van der Waals surface area contributed by atoms with E-state index in [2.05, 4.69) is 110 Å². The maximum Gasteiger partial charge on any atom is 0.123 e. The molecule has 0 aromatic heterocycles. The molecule has 35 heavy (non-hydrogen) atoms. The summed E-state index contributed by atoms with van der Waals surface area (Å²) in [6, 6.07) is 28.1. The summed E-state index contributed by atoms with van der Waals surface area (Å²) in [5, 5.41) is 10.8. The van der Waals surface area contributed by atoms with Crippen LogP contribution in [0.1, 0.15) is 49.1 Å². The van der Waals surface area contributed by atoms with E-state index in [4.69, 9.17) is 4.74 Å². The lowest BCUT2D eigenvalue weighted by atomic mass is 9.85. The summed E-state index contributed by atoms with van der Waals surface area (Å²) in [6.45, 7) is 13.4. The second-order valence-corrected chi connectivity index (χ2v) is 10.8. The van der Waals surface area contributed by atoms with E-state index >= 15 is 0 Å². The zero-order valence-corrected chi connectivity index (χ0v) is 21.7. The Balaban J connectivity index is 1.34. The third-order valence-electron chi connectivity index (χ3n) is 6.85. The first-order valence-electron chi connectivity index (χ1n) is 12.8. The lowest BCUT2D eigenvalue weighted by molar-refractivity contribution is 0.0397. The molecule has 0 amide bonds. The van der Waals surface area contributed by atoms with Crippen LogP contribution in [-0.2, 0) is 5.41 Å². The third-order valence-corrected chi connectivity index (χ3v) is 6.85. The van der Waals surface area contributed by atoms with Crippen LogP contribution in [0, 0.1) is 6.92 Å². The Morgan fingerprint density at radius 3 is 1.94 bits per heavy atom. The van der Waals surface area contributed by atoms with Crippen molar-refractivity contribution in [2.24, 2.45) is 0 Å². The Bertz CT molecular complexity index is 1010. The smallest absolute Gasteiger partial charge is 0.123 e. The first kappa shape index (κ1) is 25.4. The molecule has 0 aliphatic carbocycles. The minimum absolute atomic E-state index is 0.00329. The van der Waals surface area contributed by atoms with Crippen molar-refractivity contribution in [2.75, 3.05) is 39.3 Å². The van der Waals surface area contributed by atoms with E-state index in [1.54, 1.807) is 0 Å². The van der Waals surface area contributed by atoms with Crippen molar-refractivity contribution in [2.45, 2.75) is 45.3 Å². The van der Waals surface area contributed by atoms with Gasteiger partial charge in [0.2, 0.25) is 0 Å². The molecular weight excluding hydrogens is 432 g/mol. The number of nitrogens with zero attached hydrogens (tertiary/aromatic N) is 2. The normalized spacial score (nSPS) is 16.4. The first-order chi connectivity index (χ1) is 16.8. The molecule has 4 nitrogen and oxygen atoms in total. The predicted molar refractivity (Wildman–Crippen MR) is 144 cm³/mol. The van der Waals surface area contributed by atoms with Gasteiger partial charge in [-0.2, -0.15) is 0 Å². The minimum atomic E-state index is -0.519. The molecule has 186 valence electrons. The van der Waals surface area contributed by atoms with Gasteiger partial charge in [0.15, 0.2) is 0 Å². The van der Waals surface area contributed by atoms with Crippen LogP contribution < -0.4 is 4.74 Å². The van der Waals surface area contributed by atoms with Crippen LogP contribution in [0.4, 0.5) is 0 Å². The molecule has 1 aliphatic heterocycles. The molecule has 1 aliphatic rings. The Morgan fingerprint density at radius 2 is 1.40 bits per heavy atom. The Hall–Kier alpha value is -2.66. The van der Waals surface area contributed by atoms with Gasteiger partial charge in [-0.05, 0) is 35.1 Å². The van der Waals surface area contributed by atoms with Crippen molar-refractivity contribution in [3.05, 3.63) is 101 Å². The average molecular weight is 473 g/mol. The SMILES string of the molecule is Cc1ccc(OCC(O)CN2CCN(C(c3ccccc3)c3ccccc3)CC2)c(C(C)(C)C)c1. The fourth-order valence-electron chi connectivity index (χ4n) is 4.98. The first-order valence-corrected chi connectivity index (χ1v) is 12.8. The highest BCUT2D eigenvalue weighted by Gasteiger charge is 2.27. The van der Waals surface area contributed by atoms with Crippen LogP contribution in [-0.4, -0.2) is 60.3 Å². The zero-order valence-electron chi connectivity index (χ0n) is 21.7. The van der Waals surface area contributed by atoms with Gasteiger partial charge in [-0.1, -0.05) is 99.1 Å². The largest absolute Gasteiger partial charge is 0.491 e. The number of hydrogen-bond donors (Lipinski definition) is 1. The molecule has 4 rings (SSSR count). The molecule has 3 aromatic rings. The molecule has 1 fully saturated rings. The molecule has 1 N–H and O–H groups in total. The van der Waals surface area contributed by atoms with Crippen molar-refractivity contribution < 1.29 is 9.84 Å². The van der Waals surface area contributed by atoms with Gasteiger partial charge in [-0.15, -0.1) is 0 Å². The van der Waals surface area contributed by atoms with Gasteiger partial charge in [-0.3, -0.25) is 9.80 Å². The number of aliphatic hydroxyl groups is 1. The molecular formula is C31H40N2O2. The third kappa shape index (κ3) is 6.72. The van der Waals surface area contributed by atoms with E-state index in [9.17, 15) is 5.11 Å². The second kappa shape index (κ2) is 11.4. The van der Waals surface area contributed by atoms with Crippen molar-refractivity contribution in [1.29, 1.82) is 0 Å². The summed E-state index contributed by atoms with van der Waals surface area (Å²) in [4.78, 5) is 4.92. The van der Waals surface area contributed by atoms with Crippen molar-refractivity contribution in [3.8, 4) is 5.75 Å². The van der Waals surface area contributed by atoms with E-state index in [-0.39, 0.29) is 11.5 Å². The van der Waals surface area contributed by atoms with E-state index < -0.39 is 6.10 Å². The van der Waals surface area contributed by atoms with Crippen molar-refractivity contribution in [1.82, 2.24) is 9.80 Å². The minimum Gasteiger partial charge on any atom is -0.491 e. The molecule has 4 heteroatoms. The topological polar surface area (TPSA) is 35.9 Å². The van der Waals surface area contributed by atoms with Gasteiger partial charge in [0, 0.05) is 32.7 Å². The number of hydrogen-bond acceptors (Lipinski definition) is 4. The van der Waals surface area contributed by atoms with Gasteiger partial charge >= 0.3 is 0 Å². The summed E-state index contributed by atoms with van der Waals surface area (Å²) < 4.78 is 6.11. The molecule has 3 aromatic carbocycles. The van der Waals surface area contributed by atoms with Crippen LogP contribution in [0.15, 0.2) is 78.9 Å². The van der Waals surface area contributed by atoms with Gasteiger partial charge < -0.3 is 9.84 Å². The standard InChI is InChI=1S/C31H40N2O2/c1-24-15-16-29(28(21-24)31(2,3)4)35-23-27(34)22-32-17-19-33(20-18-32)30(25-11-7-5-8-12-25)26-13-9-6-10-14-26/h5-16,21,27,30,34H,17-20,22-23H2,1-4H3. The molecule has 0 spiro atoms. The molecule has 0 radical (unpaired) electrons. The molecule has 0 bridgehead atoms. The summed E-state index contributed by atoms with van der Waals surface area (Å²) in [5.74, 6) is 0.875. The molecule has 0 saturated carbocycles. The average Bonchev–Trinajstić information content (AvgIpc) is 2.85. The van der Waals surface area contributed by atoms with Crippen LogP contribution in [0.5, 0.6) is 5.75 Å². The summed E-state index contributed by atoms with van der Waals surface area (Å²) >= 11 is 0. The Kier molecular flexibility index (Phi) is 8.27. The quantitative estimate of drug-likeness (QED) is 0.474. The fraction of sp³-hybridized carbons (Fsp3) is 0.419. The van der Waals surface area contributed by atoms with Crippen molar-refractivity contribution in [3.63, 3.8) is 0 Å². The Labute approximate surface area is 211 Å². The number of benzene rings is 3. The van der Waals surface area contributed by atoms with Gasteiger partial charge in [0.1, 0.15) is 18.5 Å². The summed E-state index contributed by atoms with van der Waals surface area (Å²) in [5.41, 5.74) is 5.06. The van der Waals surface area contributed by atoms with Crippen LogP contribution >= 0.6 is 0 Å². The van der Waals surface area contributed by atoms with Crippen LogP contribution in [0.25, 0.3) is 0 Å². The molecule has 1 saturated heterocycles. The lowest BCUT2D eigenvalue weighted by Gasteiger charge is -2.40. The van der Waals surface area contributed by atoms with E-state index in [1.165, 1.54) is 22.3 Å². The van der Waals surface area contributed by atoms with Crippen LogP contribution in [0.2, 0.25) is 0 Å². The summed E-state index contributed by atoms with van der Waals surface area (Å²) in [7, 11) is 0. The summed E-state index contributed by atoms with van der Waals surface area (Å²) in [6.07, 6.45) is -0.519. The number of piperazine rings is 1. The van der Waals surface area contributed by atoms with E-state index in [0.717, 1.165) is 31.9 Å². The lowest BCUT2D eigenvalue weighted by Crippen LogP contribution is -2.50. The number of β-amino-alcohol motifs (C(OH)–C–C–N with tert-alkyl or cyclic N) is 1. The highest BCUT2D eigenvalue weighted by Crippen LogP contribution is 2.32. The number of rotatable bonds is 8. The zero-order chi connectivity index (χ0) is 24.8. The van der Waals surface area contributed by atoms with Gasteiger partial charge in [0.25, 0.3) is 0 Å². The van der Waals surface area contributed by atoms with E-state index in [1.807, 2.05) is 6.07 Å². The van der Waals surface area contributed by atoms with Crippen LogP contribution in [0.3, 0.4) is 0 Å². The van der Waals surface area contributed by atoms with Crippen molar-refractivity contribution >= 4 is 0 Å².